The minimum Gasteiger partial charge on any atom is -0.463 e. The van der Waals surface area contributed by atoms with Gasteiger partial charge in [0.05, 0.1) is 18.5 Å². The van der Waals surface area contributed by atoms with Crippen LogP contribution in [0.2, 0.25) is 0 Å². The van der Waals surface area contributed by atoms with Crippen LogP contribution in [0.1, 0.15) is 18.7 Å². The number of esters is 1. The second-order valence-electron chi connectivity index (χ2n) is 5.41. The van der Waals surface area contributed by atoms with Crippen molar-refractivity contribution in [3.05, 3.63) is 60.2 Å². The van der Waals surface area contributed by atoms with Crippen molar-refractivity contribution in [2.24, 2.45) is 0 Å². The molecule has 2 aromatic carbocycles. The maximum Gasteiger partial charge on any atom is 0.351 e. The van der Waals surface area contributed by atoms with Gasteiger partial charge in [-0.15, -0.1) is 5.10 Å². The van der Waals surface area contributed by atoms with Crippen LogP contribution >= 0.6 is 0 Å². The lowest BCUT2D eigenvalue weighted by Gasteiger charge is -2.18. The smallest absolute Gasteiger partial charge is 0.351 e. The van der Waals surface area contributed by atoms with Crippen molar-refractivity contribution in [2.75, 3.05) is 6.61 Å². The van der Waals surface area contributed by atoms with E-state index in [4.69, 9.17) is 4.74 Å². The zero-order valence-corrected chi connectivity index (χ0v) is 13.8. The Balaban J connectivity index is 1.85. The number of carbonyl (C=O) groups is 2. The van der Waals surface area contributed by atoms with E-state index in [1.807, 2.05) is 42.5 Å². The zero-order valence-electron chi connectivity index (χ0n) is 13.8. The van der Waals surface area contributed by atoms with Gasteiger partial charge in [-0.25, -0.2) is 9.48 Å². The molecule has 3 aromatic rings. The third-order valence-corrected chi connectivity index (χ3v) is 3.64. The van der Waals surface area contributed by atoms with Gasteiger partial charge in [0.1, 0.15) is 5.52 Å². The Morgan fingerprint density at radius 1 is 1.12 bits per heavy atom. The van der Waals surface area contributed by atoms with E-state index >= 15 is 0 Å². The molecule has 7 nitrogen and oxygen atoms in total. The monoisotopic (exact) mass is 338 g/mol. The number of benzene rings is 2. The highest BCUT2D eigenvalue weighted by Crippen LogP contribution is 2.15. The van der Waals surface area contributed by atoms with E-state index in [0.717, 1.165) is 5.56 Å². The SMILES string of the molecule is CCOC(=O)C(NC(=O)Cc1ccccc1)n1nnc2ccccc21. The molecule has 0 aliphatic carbocycles. The van der Waals surface area contributed by atoms with Crippen molar-refractivity contribution < 1.29 is 14.3 Å². The topological polar surface area (TPSA) is 86.1 Å². The van der Waals surface area contributed by atoms with Gasteiger partial charge in [0.15, 0.2) is 0 Å². The average Bonchev–Trinajstić information content (AvgIpc) is 3.04. The number of nitrogens with one attached hydrogen (secondary N) is 1. The van der Waals surface area contributed by atoms with Gasteiger partial charge in [0.25, 0.3) is 0 Å². The predicted octanol–water partition coefficient (Wildman–Crippen LogP) is 1.85. The van der Waals surface area contributed by atoms with Gasteiger partial charge in [0.2, 0.25) is 12.1 Å². The van der Waals surface area contributed by atoms with E-state index < -0.39 is 12.1 Å². The van der Waals surface area contributed by atoms with Crippen molar-refractivity contribution >= 4 is 22.9 Å². The van der Waals surface area contributed by atoms with Crippen LogP contribution in [0.25, 0.3) is 11.0 Å². The van der Waals surface area contributed by atoms with Crippen molar-refractivity contribution in [3.63, 3.8) is 0 Å². The highest BCUT2D eigenvalue weighted by Gasteiger charge is 2.26. The lowest BCUT2D eigenvalue weighted by molar-refractivity contribution is -0.150. The second-order valence-corrected chi connectivity index (χ2v) is 5.41. The van der Waals surface area contributed by atoms with Gasteiger partial charge in [0, 0.05) is 0 Å². The third-order valence-electron chi connectivity index (χ3n) is 3.64. The minimum absolute atomic E-state index is 0.156. The molecule has 1 N–H and O–H groups in total. The van der Waals surface area contributed by atoms with Crippen LogP contribution in [-0.4, -0.2) is 33.5 Å². The van der Waals surface area contributed by atoms with E-state index in [0.29, 0.717) is 11.0 Å². The summed E-state index contributed by atoms with van der Waals surface area (Å²) in [6.45, 7) is 1.91. The minimum atomic E-state index is -1.07. The van der Waals surface area contributed by atoms with Crippen LogP contribution in [0.4, 0.5) is 0 Å². The van der Waals surface area contributed by atoms with Gasteiger partial charge in [-0.05, 0) is 24.6 Å². The number of hydrogen-bond donors (Lipinski definition) is 1. The molecule has 0 bridgehead atoms. The fourth-order valence-electron chi connectivity index (χ4n) is 2.50. The Morgan fingerprint density at radius 2 is 1.84 bits per heavy atom. The lowest BCUT2D eigenvalue weighted by atomic mass is 10.1. The molecule has 0 fully saturated rings. The Labute approximate surface area is 144 Å². The van der Waals surface area contributed by atoms with Gasteiger partial charge >= 0.3 is 5.97 Å². The van der Waals surface area contributed by atoms with Crippen LogP contribution in [0.5, 0.6) is 0 Å². The van der Waals surface area contributed by atoms with Crippen molar-refractivity contribution in [1.82, 2.24) is 20.3 Å². The van der Waals surface area contributed by atoms with Crippen LogP contribution < -0.4 is 5.32 Å². The fourth-order valence-corrected chi connectivity index (χ4v) is 2.50. The number of hydrogen-bond acceptors (Lipinski definition) is 5. The zero-order chi connectivity index (χ0) is 17.6. The Morgan fingerprint density at radius 3 is 2.60 bits per heavy atom. The number of aromatic nitrogens is 3. The summed E-state index contributed by atoms with van der Waals surface area (Å²) < 4.78 is 6.46. The summed E-state index contributed by atoms with van der Waals surface area (Å²) in [6.07, 6.45) is -0.910. The third kappa shape index (κ3) is 3.82. The van der Waals surface area contributed by atoms with E-state index in [-0.39, 0.29) is 18.9 Å². The van der Waals surface area contributed by atoms with Crippen molar-refractivity contribution in [1.29, 1.82) is 0 Å². The van der Waals surface area contributed by atoms with Crippen LogP contribution in [0.15, 0.2) is 54.6 Å². The quantitative estimate of drug-likeness (QED) is 0.693. The van der Waals surface area contributed by atoms with E-state index in [2.05, 4.69) is 15.6 Å². The van der Waals surface area contributed by atoms with Crippen LogP contribution in [0, 0.1) is 0 Å². The highest BCUT2D eigenvalue weighted by molar-refractivity contribution is 5.86. The van der Waals surface area contributed by atoms with Crippen molar-refractivity contribution in [2.45, 2.75) is 19.5 Å². The first kappa shape index (κ1) is 16.6. The Hall–Kier alpha value is -3.22. The number of ether oxygens (including phenoxy) is 1. The standard InChI is InChI=1S/C18H18N4O3/c1-2-25-18(24)17(19-16(23)12-13-8-4-3-5-9-13)22-15-11-7-6-10-14(15)20-21-22/h3-11,17H,2,12H2,1H3,(H,19,23). The molecule has 128 valence electrons. The van der Waals surface area contributed by atoms with Gasteiger partial charge < -0.3 is 10.1 Å². The van der Waals surface area contributed by atoms with Gasteiger partial charge in [-0.3, -0.25) is 4.79 Å². The fraction of sp³-hybridized carbons (Fsp3) is 0.222. The maximum atomic E-state index is 12.4. The molecule has 0 radical (unpaired) electrons. The predicted molar refractivity (Wildman–Crippen MR) is 91.5 cm³/mol. The average molecular weight is 338 g/mol. The number of carbonyl (C=O) groups excluding carboxylic acids is 2. The Kier molecular flexibility index (Phi) is 5.03. The first-order valence-electron chi connectivity index (χ1n) is 7.99. The Bertz CT molecular complexity index is 876. The van der Waals surface area contributed by atoms with E-state index in [1.54, 1.807) is 19.1 Å². The first-order chi connectivity index (χ1) is 12.2. The summed E-state index contributed by atoms with van der Waals surface area (Å²) in [5, 5.41) is 10.7. The summed E-state index contributed by atoms with van der Waals surface area (Å²) in [5.41, 5.74) is 2.13. The van der Waals surface area contributed by atoms with Crippen molar-refractivity contribution in [3.8, 4) is 0 Å². The normalized spacial score (nSPS) is 11.9. The molecule has 3 rings (SSSR count). The molecule has 0 saturated heterocycles. The molecule has 0 saturated carbocycles. The number of amides is 1. The molecule has 1 aromatic heterocycles. The largest absolute Gasteiger partial charge is 0.463 e. The number of fused-ring (bicyclic) bond motifs is 1. The summed E-state index contributed by atoms with van der Waals surface area (Å²) in [6, 6.07) is 16.5. The van der Waals surface area contributed by atoms with Gasteiger partial charge in [-0.1, -0.05) is 47.7 Å². The van der Waals surface area contributed by atoms with Crippen LogP contribution in [0.3, 0.4) is 0 Å². The summed E-state index contributed by atoms with van der Waals surface area (Å²) in [5.74, 6) is -0.886. The molecule has 7 heteroatoms. The van der Waals surface area contributed by atoms with E-state index in [9.17, 15) is 9.59 Å². The highest BCUT2D eigenvalue weighted by atomic mass is 16.5. The summed E-state index contributed by atoms with van der Waals surface area (Å²) in [7, 11) is 0. The second kappa shape index (κ2) is 7.57. The molecule has 1 heterocycles. The summed E-state index contributed by atoms with van der Waals surface area (Å²) in [4.78, 5) is 24.7. The molecule has 0 spiro atoms. The maximum absolute atomic E-state index is 12.4. The molecule has 1 atom stereocenters. The summed E-state index contributed by atoms with van der Waals surface area (Å²) >= 11 is 0. The molecule has 0 aliphatic rings. The lowest BCUT2D eigenvalue weighted by Crippen LogP contribution is -2.40. The van der Waals surface area contributed by atoms with E-state index in [1.165, 1.54) is 4.68 Å². The molecule has 0 aliphatic heterocycles. The first-order valence-corrected chi connectivity index (χ1v) is 7.99. The van der Waals surface area contributed by atoms with Gasteiger partial charge in [-0.2, -0.15) is 0 Å². The molecular formula is C18H18N4O3. The number of para-hydroxylation sites is 1. The molecule has 1 amide bonds. The molecular weight excluding hydrogens is 320 g/mol. The van der Waals surface area contributed by atoms with Crippen LogP contribution in [-0.2, 0) is 20.7 Å². The molecule has 1 unspecified atom stereocenters. The molecule has 25 heavy (non-hydrogen) atoms. The number of nitrogens with zero attached hydrogens (tertiary/aromatic N) is 3. The number of rotatable bonds is 6.